The largest absolute Gasteiger partial charge is 0.331 e. The molecule has 0 saturated heterocycles. The van der Waals surface area contributed by atoms with Crippen molar-refractivity contribution < 1.29 is 0 Å². The van der Waals surface area contributed by atoms with Crippen molar-refractivity contribution >= 4 is 23.3 Å². The Morgan fingerprint density at radius 1 is 1.22 bits per heavy atom. The average molecular weight is 260 g/mol. The first-order valence-corrected chi connectivity index (χ1v) is 7.04. The van der Waals surface area contributed by atoms with Gasteiger partial charge in [-0.25, -0.2) is 0 Å². The molecule has 96 valence electrons. The summed E-state index contributed by atoms with van der Waals surface area (Å²) < 4.78 is 3.17. The second kappa shape index (κ2) is 3.70. The highest BCUT2D eigenvalue weighted by Gasteiger charge is 2.40. The van der Waals surface area contributed by atoms with Gasteiger partial charge in [0.1, 0.15) is 0 Å². The molecule has 1 saturated carbocycles. The van der Waals surface area contributed by atoms with E-state index in [0.29, 0.717) is 0 Å². The van der Waals surface area contributed by atoms with Crippen LogP contribution in [0, 0.1) is 24.5 Å². The maximum absolute atomic E-state index is 5.54. The molecule has 1 N–H and O–H groups in total. The van der Waals surface area contributed by atoms with Gasteiger partial charge >= 0.3 is 0 Å². The number of aryl methyl sites for hydroxylation is 2. The molecule has 3 rings (SSSR count). The third kappa shape index (κ3) is 1.64. The van der Waals surface area contributed by atoms with Gasteiger partial charge in [0.05, 0.1) is 11.0 Å². The van der Waals surface area contributed by atoms with E-state index in [2.05, 4.69) is 49.4 Å². The van der Waals surface area contributed by atoms with Crippen LogP contribution in [0.15, 0.2) is 12.1 Å². The van der Waals surface area contributed by atoms with Crippen LogP contribution in [0.5, 0.6) is 0 Å². The van der Waals surface area contributed by atoms with Gasteiger partial charge in [0.25, 0.3) is 0 Å². The number of rotatable bonds is 2. The van der Waals surface area contributed by atoms with E-state index in [9.17, 15) is 0 Å². The minimum Gasteiger partial charge on any atom is -0.331 e. The third-order valence-electron chi connectivity index (χ3n) is 4.45. The van der Waals surface area contributed by atoms with Crippen LogP contribution in [-0.2, 0) is 5.54 Å². The zero-order valence-electron chi connectivity index (χ0n) is 11.5. The predicted molar refractivity (Wildman–Crippen MR) is 78.6 cm³/mol. The van der Waals surface area contributed by atoms with E-state index < -0.39 is 0 Å². The number of hydrogen-bond acceptors (Lipinski definition) is 1. The van der Waals surface area contributed by atoms with Crippen molar-refractivity contribution in [1.82, 2.24) is 9.55 Å². The van der Waals surface area contributed by atoms with Crippen molar-refractivity contribution in [2.45, 2.75) is 46.1 Å². The molecule has 1 heterocycles. The van der Waals surface area contributed by atoms with Crippen LogP contribution >= 0.6 is 12.2 Å². The van der Waals surface area contributed by atoms with Gasteiger partial charge < -0.3 is 9.55 Å². The Kier molecular flexibility index (Phi) is 2.46. The molecule has 1 aromatic heterocycles. The summed E-state index contributed by atoms with van der Waals surface area (Å²) in [5.41, 5.74) is 5.18. The smallest absolute Gasteiger partial charge is 0.178 e. The molecule has 1 aliphatic carbocycles. The fourth-order valence-electron chi connectivity index (χ4n) is 2.91. The number of hydrogen-bond donors (Lipinski definition) is 1. The zero-order chi connectivity index (χ0) is 13.1. The first-order chi connectivity index (χ1) is 8.41. The quantitative estimate of drug-likeness (QED) is 0.791. The van der Waals surface area contributed by atoms with E-state index in [-0.39, 0.29) is 5.54 Å². The fourth-order valence-corrected chi connectivity index (χ4v) is 3.35. The van der Waals surface area contributed by atoms with Crippen LogP contribution in [0.25, 0.3) is 11.0 Å². The van der Waals surface area contributed by atoms with Gasteiger partial charge in [0.2, 0.25) is 0 Å². The van der Waals surface area contributed by atoms with Crippen molar-refractivity contribution in [3.63, 3.8) is 0 Å². The van der Waals surface area contributed by atoms with Gasteiger partial charge in [0.15, 0.2) is 4.77 Å². The molecule has 1 aliphatic rings. The molecule has 2 aromatic rings. The van der Waals surface area contributed by atoms with E-state index in [4.69, 9.17) is 12.2 Å². The molecule has 0 aliphatic heterocycles. The molecular weight excluding hydrogens is 240 g/mol. The lowest BCUT2D eigenvalue weighted by Crippen LogP contribution is -2.28. The number of benzene rings is 1. The topological polar surface area (TPSA) is 20.7 Å². The van der Waals surface area contributed by atoms with Gasteiger partial charge in [-0.2, -0.15) is 0 Å². The second-order valence-electron chi connectivity index (χ2n) is 6.15. The summed E-state index contributed by atoms with van der Waals surface area (Å²) in [7, 11) is 0. The zero-order valence-corrected chi connectivity index (χ0v) is 12.3. The normalized spacial score (nSPS) is 16.4. The molecule has 0 radical (unpaired) electrons. The molecule has 1 fully saturated rings. The number of H-pyrrole nitrogens is 1. The van der Waals surface area contributed by atoms with Gasteiger partial charge in [-0.1, -0.05) is 0 Å². The Bertz CT molecular complexity index is 672. The highest BCUT2D eigenvalue weighted by molar-refractivity contribution is 7.71. The minimum atomic E-state index is 0.122. The summed E-state index contributed by atoms with van der Waals surface area (Å²) in [6.07, 6.45) is 2.65. The van der Waals surface area contributed by atoms with Crippen molar-refractivity contribution in [3.05, 3.63) is 28.0 Å². The van der Waals surface area contributed by atoms with Gasteiger partial charge in [0, 0.05) is 5.54 Å². The van der Waals surface area contributed by atoms with Crippen LogP contribution in [0.2, 0.25) is 0 Å². The van der Waals surface area contributed by atoms with Crippen molar-refractivity contribution in [3.8, 4) is 0 Å². The summed E-state index contributed by atoms with van der Waals surface area (Å²) >= 11 is 5.54. The van der Waals surface area contributed by atoms with E-state index in [0.717, 1.165) is 16.2 Å². The number of aromatic amines is 1. The lowest BCUT2D eigenvalue weighted by atomic mass is 9.98. The highest BCUT2D eigenvalue weighted by Crippen LogP contribution is 2.45. The lowest BCUT2D eigenvalue weighted by molar-refractivity contribution is 0.310. The van der Waals surface area contributed by atoms with E-state index in [1.807, 2.05) is 0 Å². The maximum atomic E-state index is 5.54. The van der Waals surface area contributed by atoms with Gasteiger partial charge in [-0.05, 0) is 81.9 Å². The standard InChI is InChI=1S/C15H20N2S/c1-9-7-12-13(8-10(9)2)17(14(18)16-12)15(3,4)11-5-6-11/h7-8,11H,5-6H2,1-4H3,(H,16,18). The van der Waals surface area contributed by atoms with Gasteiger partial charge in [-0.3, -0.25) is 0 Å². The molecule has 3 heteroatoms. The fraction of sp³-hybridized carbons (Fsp3) is 0.533. The summed E-state index contributed by atoms with van der Waals surface area (Å²) in [5.74, 6) is 0.768. The van der Waals surface area contributed by atoms with Crippen molar-refractivity contribution in [2.24, 2.45) is 5.92 Å². The predicted octanol–water partition coefficient (Wildman–Crippen LogP) is 4.46. The molecule has 0 bridgehead atoms. The molecular formula is C15H20N2S. The first-order valence-electron chi connectivity index (χ1n) is 6.63. The molecule has 18 heavy (non-hydrogen) atoms. The lowest BCUT2D eigenvalue weighted by Gasteiger charge is -2.27. The second-order valence-corrected chi connectivity index (χ2v) is 6.53. The van der Waals surface area contributed by atoms with Crippen LogP contribution < -0.4 is 0 Å². The molecule has 0 unspecified atom stereocenters. The number of nitrogens with one attached hydrogen (secondary N) is 1. The minimum absolute atomic E-state index is 0.122. The number of imidazole rings is 1. The number of fused-ring (bicyclic) bond motifs is 1. The van der Waals surface area contributed by atoms with Crippen molar-refractivity contribution in [2.75, 3.05) is 0 Å². The Labute approximate surface area is 113 Å². The summed E-state index contributed by atoms with van der Waals surface area (Å²) in [4.78, 5) is 3.36. The third-order valence-corrected chi connectivity index (χ3v) is 4.73. The Morgan fingerprint density at radius 2 is 1.83 bits per heavy atom. The van der Waals surface area contributed by atoms with Crippen LogP contribution in [0.4, 0.5) is 0 Å². The monoisotopic (exact) mass is 260 g/mol. The highest BCUT2D eigenvalue weighted by atomic mass is 32.1. The van der Waals surface area contributed by atoms with E-state index >= 15 is 0 Å². The average Bonchev–Trinajstić information content (AvgIpc) is 3.05. The molecule has 1 aromatic carbocycles. The van der Waals surface area contributed by atoms with Crippen LogP contribution in [0.3, 0.4) is 0 Å². The Hall–Kier alpha value is -1.09. The summed E-state index contributed by atoms with van der Waals surface area (Å²) in [5, 5.41) is 0. The molecule has 2 nitrogen and oxygen atoms in total. The Balaban J connectivity index is 2.31. The van der Waals surface area contributed by atoms with Gasteiger partial charge in [-0.15, -0.1) is 0 Å². The maximum Gasteiger partial charge on any atom is 0.178 e. The first kappa shape index (κ1) is 12.0. The Morgan fingerprint density at radius 3 is 2.44 bits per heavy atom. The SMILES string of the molecule is Cc1cc2[nH]c(=S)n(C(C)(C)C3CC3)c2cc1C. The summed E-state index contributed by atoms with van der Waals surface area (Å²) in [6.45, 7) is 8.93. The van der Waals surface area contributed by atoms with Crippen molar-refractivity contribution in [1.29, 1.82) is 0 Å². The van der Waals surface area contributed by atoms with E-state index in [1.54, 1.807) is 0 Å². The molecule has 0 amide bonds. The number of nitrogens with zero attached hydrogens (tertiary/aromatic N) is 1. The van der Waals surface area contributed by atoms with Crippen LogP contribution in [-0.4, -0.2) is 9.55 Å². The summed E-state index contributed by atoms with van der Waals surface area (Å²) in [6, 6.07) is 4.47. The number of aromatic nitrogens is 2. The van der Waals surface area contributed by atoms with Crippen LogP contribution in [0.1, 0.15) is 37.8 Å². The molecule has 0 atom stereocenters. The van der Waals surface area contributed by atoms with E-state index in [1.165, 1.54) is 29.5 Å². The molecule has 0 spiro atoms.